The highest BCUT2D eigenvalue weighted by Crippen LogP contribution is 2.19. The van der Waals surface area contributed by atoms with Crippen molar-refractivity contribution in [3.05, 3.63) is 54.2 Å². The molecule has 0 saturated carbocycles. The quantitative estimate of drug-likeness (QED) is 0.0339. The molecule has 25 nitrogen and oxygen atoms in total. The number of thioether (sulfide) groups is 1. The number of aromatic amines is 2. The van der Waals surface area contributed by atoms with Gasteiger partial charge in [-0.05, 0) is 93.4 Å². The third kappa shape index (κ3) is 21.7. The Kier molecular flexibility index (Phi) is 26.2. The number of carbonyl (C=O) groups is 10. The molecule has 0 fully saturated rings. The van der Waals surface area contributed by atoms with Crippen molar-refractivity contribution in [2.45, 2.75) is 147 Å². The molecule has 75 heavy (non-hydrogen) atoms. The van der Waals surface area contributed by atoms with Crippen LogP contribution in [0.25, 0.3) is 10.9 Å². The van der Waals surface area contributed by atoms with Crippen LogP contribution in [0.3, 0.4) is 0 Å². The molecule has 0 aliphatic carbocycles. The number of nitrogens with zero attached hydrogens (tertiary/aromatic N) is 1. The van der Waals surface area contributed by atoms with Crippen molar-refractivity contribution >= 4 is 81.9 Å². The number of unbranched alkanes of at least 4 members (excludes halogenated alkanes) is 1. The number of rotatable bonds is 35. The standard InChI is InChI=1S/C49H74N12O13S/c1-26(2)18-36(45(69)56-34(15-17-75-5)44(68)60-37(19-27(3)4)46(70)61-39(22-41(64)65)48(72)57-35(49(73)74)12-8-9-16-50)59-43(67)33(13-14-40(62)63)55-47(71)38(21-29-24-52-25-54-29)58-42(66)31(51)20-28-23-53-32-11-7-6-10-30(28)32/h6-7,10-11,23-27,31,33-39,53H,8-9,12-22,50-51H2,1-5H3,(H,52,54)(H,55,71)(H,56,69)(H,57,72)(H,58,66)(H,59,67)(H,60,68)(H,61,70)(H,62,63)(H,64,65)(H,73,74)/t31-,33-,34-,35-,36-,37-,38-,39-/m0/s1. The number of carbonyl (C=O) groups excluding carboxylic acids is 7. The first-order valence-corrected chi connectivity index (χ1v) is 26.2. The molecule has 0 aliphatic rings. The SMILES string of the molecule is CSCC[C@H](NC(=O)[C@H](CC(C)C)NC(=O)[C@H](CCC(=O)O)NC(=O)[C@H](Cc1cnc[nH]1)NC(=O)[C@@H](N)Cc1c[nH]c2ccccc12)C(=O)N[C@@H](CC(C)C)C(=O)N[C@@H](CC(=O)O)C(=O)N[C@@H](CCCCN)C(=O)O. The van der Waals surface area contributed by atoms with Gasteiger partial charge in [0.25, 0.3) is 0 Å². The second-order valence-electron chi connectivity index (χ2n) is 19.1. The lowest BCUT2D eigenvalue weighted by atomic mass is 10.00. The third-order valence-corrected chi connectivity index (χ3v) is 12.5. The van der Waals surface area contributed by atoms with E-state index in [1.54, 1.807) is 40.1 Å². The molecular formula is C49H74N12O13S. The summed E-state index contributed by atoms with van der Waals surface area (Å²) in [5, 5.41) is 47.5. The van der Waals surface area contributed by atoms with Gasteiger partial charge in [0.05, 0.1) is 18.8 Å². The fraction of sp³-hybridized carbons (Fsp3) is 0.571. The molecule has 0 saturated heterocycles. The minimum Gasteiger partial charge on any atom is -0.481 e. The molecule has 1 aromatic carbocycles. The highest BCUT2D eigenvalue weighted by atomic mass is 32.2. The van der Waals surface area contributed by atoms with Crippen LogP contribution in [0.2, 0.25) is 0 Å². The molecule has 16 N–H and O–H groups in total. The number of nitrogens with one attached hydrogen (secondary N) is 9. The smallest absolute Gasteiger partial charge is 0.326 e. The minimum absolute atomic E-state index is 0.00201. The third-order valence-electron chi connectivity index (χ3n) is 11.8. The highest BCUT2D eigenvalue weighted by molar-refractivity contribution is 7.98. The molecule has 0 bridgehead atoms. The van der Waals surface area contributed by atoms with Crippen LogP contribution in [0, 0.1) is 11.8 Å². The van der Waals surface area contributed by atoms with Gasteiger partial charge in [-0.1, -0.05) is 45.9 Å². The Labute approximate surface area is 438 Å². The molecule has 414 valence electrons. The number of aromatic nitrogens is 3. The summed E-state index contributed by atoms with van der Waals surface area (Å²) in [6.07, 6.45) is 5.12. The van der Waals surface area contributed by atoms with E-state index in [-0.39, 0.29) is 56.9 Å². The molecule has 2 heterocycles. The molecule has 2 aromatic heterocycles. The number of H-pyrrole nitrogens is 2. The summed E-state index contributed by atoms with van der Waals surface area (Å²) in [5.41, 5.74) is 13.9. The van der Waals surface area contributed by atoms with E-state index in [2.05, 4.69) is 52.2 Å². The zero-order valence-electron chi connectivity index (χ0n) is 42.9. The Morgan fingerprint density at radius 2 is 1.13 bits per heavy atom. The van der Waals surface area contributed by atoms with E-state index in [1.807, 2.05) is 24.3 Å². The molecule has 0 aliphatic heterocycles. The monoisotopic (exact) mass is 1070 g/mol. The van der Waals surface area contributed by atoms with Gasteiger partial charge in [0, 0.05) is 41.8 Å². The van der Waals surface area contributed by atoms with E-state index in [4.69, 9.17) is 11.5 Å². The summed E-state index contributed by atoms with van der Waals surface area (Å²) < 4.78 is 0. The number of imidazole rings is 1. The van der Waals surface area contributed by atoms with E-state index >= 15 is 0 Å². The molecule has 3 rings (SSSR count). The fourth-order valence-corrected chi connectivity index (χ4v) is 8.42. The molecule has 0 unspecified atom stereocenters. The lowest BCUT2D eigenvalue weighted by Crippen LogP contribution is -2.60. The molecule has 26 heteroatoms. The van der Waals surface area contributed by atoms with Gasteiger partial charge >= 0.3 is 17.9 Å². The first-order valence-electron chi connectivity index (χ1n) is 24.8. The highest BCUT2D eigenvalue weighted by Gasteiger charge is 2.36. The molecule has 0 spiro atoms. The molecular weight excluding hydrogens is 997 g/mol. The van der Waals surface area contributed by atoms with Crippen molar-refractivity contribution in [3.63, 3.8) is 0 Å². The van der Waals surface area contributed by atoms with Crippen molar-refractivity contribution in [1.29, 1.82) is 0 Å². The van der Waals surface area contributed by atoms with Crippen molar-refractivity contribution in [1.82, 2.24) is 52.2 Å². The van der Waals surface area contributed by atoms with Gasteiger partial charge in [-0.2, -0.15) is 11.8 Å². The number of hydrogen-bond donors (Lipinski definition) is 14. The predicted molar refractivity (Wildman–Crippen MR) is 277 cm³/mol. The Hall–Kier alpha value is -7.06. The fourth-order valence-electron chi connectivity index (χ4n) is 7.95. The van der Waals surface area contributed by atoms with Crippen LogP contribution in [0.5, 0.6) is 0 Å². The largest absolute Gasteiger partial charge is 0.481 e. The zero-order valence-corrected chi connectivity index (χ0v) is 43.8. The number of carboxylic acids is 3. The second-order valence-corrected chi connectivity index (χ2v) is 20.1. The van der Waals surface area contributed by atoms with Crippen LogP contribution in [-0.2, 0) is 60.8 Å². The van der Waals surface area contributed by atoms with Crippen LogP contribution in [0.1, 0.15) is 96.7 Å². The van der Waals surface area contributed by atoms with Gasteiger partial charge in [0.1, 0.15) is 42.3 Å². The van der Waals surface area contributed by atoms with Gasteiger partial charge in [-0.25, -0.2) is 9.78 Å². The van der Waals surface area contributed by atoms with E-state index < -0.39 is 127 Å². The lowest BCUT2D eigenvalue weighted by molar-refractivity contribution is -0.144. The zero-order chi connectivity index (χ0) is 55.8. The molecule has 8 atom stereocenters. The number of hydrogen-bond acceptors (Lipinski definition) is 14. The Balaban J connectivity index is 1.84. The van der Waals surface area contributed by atoms with Gasteiger partial charge in [-0.3, -0.25) is 43.2 Å². The normalized spacial score (nSPS) is 14.5. The minimum atomic E-state index is -1.74. The number of amides is 7. The van der Waals surface area contributed by atoms with Crippen molar-refractivity contribution in [3.8, 4) is 0 Å². The van der Waals surface area contributed by atoms with Crippen LogP contribution in [-0.4, -0.2) is 156 Å². The maximum Gasteiger partial charge on any atom is 0.326 e. The van der Waals surface area contributed by atoms with Crippen molar-refractivity contribution in [2.24, 2.45) is 23.3 Å². The van der Waals surface area contributed by atoms with E-state index in [9.17, 15) is 63.3 Å². The molecule has 0 radical (unpaired) electrons. The number of para-hydroxylation sites is 1. The maximum atomic E-state index is 14.2. The van der Waals surface area contributed by atoms with Gasteiger partial charge in [0.2, 0.25) is 41.4 Å². The van der Waals surface area contributed by atoms with Crippen LogP contribution >= 0.6 is 11.8 Å². The Morgan fingerprint density at radius 3 is 1.67 bits per heavy atom. The molecule has 3 aromatic rings. The summed E-state index contributed by atoms with van der Waals surface area (Å²) in [7, 11) is 0. The number of carboxylic acid groups (broad SMARTS) is 3. The summed E-state index contributed by atoms with van der Waals surface area (Å²) >= 11 is 1.34. The number of fused-ring (bicyclic) bond motifs is 1. The average Bonchev–Trinajstić information content (AvgIpc) is 4.02. The predicted octanol–water partition coefficient (Wildman–Crippen LogP) is -0.205. The molecule has 7 amide bonds. The van der Waals surface area contributed by atoms with Crippen LogP contribution < -0.4 is 48.7 Å². The van der Waals surface area contributed by atoms with Crippen molar-refractivity contribution in [2.75, 3.05) is 18.6 Å². The summed E-state index contributed by atoms with van der Waals surface area (Å²) in [4.78, 5) is 143. The second kappa shape index (κ2) is 31.6. The number of benzene rings is 1. The summed E-state index contributed by atoms with van der Waals surface area (Å²) in [6, 6.07) is -3.78. The average molecular weight is 1070 g/mol. The van der Waals surface area contributed by atoms with Gasteiger partial charge < -0.3 is 74.0 Å². The number of nitrogens with two attached hydrogens (primary N) is 2. The van der Waals surface area contributed by atoms with Crippen LogP contribution in [0.15, 0.2) is 43.0 Å². The van der Waals surface area contributed by atoms with Crippen molar-refractivity contribution < 1.29 is 63.3 Å². The maximum absolute atomic E-state index is 14.2. The Morgan fingerprint density at radius 1 is 0.613 bits per heavy atom. The topological polar surface area (TPSA) is 412 Å². The van der Waals surface area contributed by atoms with Crippen LogP contribution in [0.4, 0.5) is 0 Å². The summed E-state index contributed by atoms with van der Waals surface area (Å²) in [5.74, 6) is -10.6. The van der Waals surface area contributed by atoms with E-state index in [0.717, 1.165) is 16.5 Å². The first kappa shape index (κ1) is 62.2. The number of aliphatic carboxylic acids is 3. The Bertz CT molecular complexity index is 2400. The van der Waals surface area contributed by atoms with E-state index in [1.165, 1.54) is 24.3 Å². The lowest BCUT2D eigenvalue weighted by Gasteiger charge is -2.28. The first-order chi connectivity index (χ1) is 35.5. The summed E-state index contributed by atoms with van der Waals surface area (Å²) in [6.45, 7) is 7.28. The van der Waals surface area contributed by atoms with Gasteiger partial charge in [0.15, 0.2) is 0 Å². The van der Waals surface area contributed by atoms with E-state index in [0.29, 0.717) is 24.3 Å². The van der Waals surface area contributed by atoms with Gasteiger partial charge in [-0.15, -0.1) is 0 Å².